The molecule has 0 spiro atoms. The van der Waals surface area contributed by atoms with Gasteiger partial charge in [-0.1, -0.05) is 13.0 Å². The van der Waals surface area contributed by atoms with E-state index in [4.69, 9.17) is 0 Å². The van der Waals surface area contributed by atoms with Gasteiger partial charge in [0.05, 0.1) is 0 Å². The summed E-state index contributed by atoms with van der Waals surface area (Å²) in [6.45, 7) is 8.09. The molecule has 20 heavy (non-hydrogen) atoms. The Bertz CT molecular complexity index is 428. The van der Waals surface area contributed by atoms with Gasteiger partial charge in [0.1, 0.15) is 0 Å². The molecule has 112 valence electrons. The third kappa shape index (κ3) is 3.89. The van der Waals surface area contributed by atoms with Gasteiger partial charge in [-0.2, -0.15) is 0 Å². The number of rotatable bonds is 4. The summed E-state index contributed by atoms with van der Waals surface area (Å²) in [5, 5.41) is 3.73. The van der Waals surface area contributed by atoms with Crippen LogP contribution in [0.25, 0.3) is 0 Å². The highest BCUT2D eigenvalue weighted by atomic mass is 15.1. The molecule has 2 rings (SSSR count). The van der Waals surface area contributed by atoms with Crippen LogP contribution in [0, 0.1) is 6.92 Å². The SMILES string of the molecule is CCN1CCCC(Nc2ccc(C)c(N(C)C)c2)CC1. The highest BCUT2D eigenvalue weighted by Gasteiger charge is 2.16. The maximum absolute atomic E-state index is 3.73. The Hall–Kier alpha value is -1.22. The first-order chi connectivity index (χ1) is 9.60. The van der Waals surface area contributed by atoms with Crippen molar-refractivity contribution in [2.45, 2.75) is 39.2 Å². The molecule has 1 aromatic rings. The molecule has 0 saturated carbocycles. The van der Waals surface area contributed by atoms with Crippen LogP contribution in [0.5, 0.6) is 0 Å². The molecule has 1 aliphatic heterocycles. The molecule has 1 heterocycles. The smallest absolute Gasteiger partial charge is 0.0411 e. The van der Waals surface area contributed by atoms with Gasteiger partial charge in [0.15, 0.2) is 0 Å². The molecule has 3 nitrogen and oxygen atoms in total. The quantitative estimate of drug-likeness (QED) is 0.909. The van der Waals surface area contributed by atoms with E-state index in [2.05, 4.69) is 61.3 Å². The van der Waals surface area contributed by atoms with E-state index in [-0.39, 0.29) is 0 Å². The van der Waals surface area contributed by atoms with Crippen molar-refractivity contribution in [2.75, 3.05) is 43.9 Å². The molecular formula is C17H29N3. The average molecular weight is 275 g/mol. The minimum absolute atomic E-state index is 0.615. The molecule has 3 heteroatoms. The van der Waals surface area contributed by atoms with Crippen molar-refractivity contribution in [3.63, 3.8) is 0 Å². The number of hydrogen-bond donors (Lipinski definition) is 1. The van der Waals surface area contributed by atoms with Crippen LogP contribution in [0.15, 0.2) is 18.2 Å². The number of benzene rings is 1. The van der Waals surface area contributed by atoms with Crippen LogP contribution in [0.2, 0.25) is 0 Å². The number of anilines is 2. The predicted molar refractivity (Wildman–Crippen MR) is 88.9 cm³/mol. The van der Waals surface area contributed by atoms with Gasteiger partial charge in [0.2, 0.25) is 0 Å². The topological polar surface area (TPSA) is 18.5 Å². The van der Waals surface area contributed by atoms with Gasteiger partial charge in [0, 0.05) is 38.1 Å². The number of likely N-dealkylation sites (tertiary alicyclic amines) is 1. The molecule has 1 aromatic carbocycles. The van der Waals surface area contributed by atoms with Gasteiger partial charge >= 0.3 is 0 Å². The second kappa shape index (κ2) is 6.98. The summed E-state index contributed by atoms with van der Waals surface area (Å²) in [5.74, 6) is 0. The molecule has 1 aliphatic rings. The van der Waals surface area contributed by atoms with Crippen molar-refractivity contribution < 1.29 is 0 Å². The number of aryl methyl sites for hydroxylation is 1. The first-order valence-corrected chi connectivity index (χ1v) is 7.87. The van der Waals surface area contributed by atoms with E-state index in [1.165, 1.54) is 55.8 Å². The largest absolute Gasteiger partial charge is 0.382 e. The van der Waals surface area contributed by atoms with E-state index >= 15 is 0 Å². The van der Waals surface area contributed by atoms with E-state index in [1.807, 2.05) is 0 Å². The van der Waals surface area contributed by atoms with Crippen molar-refractivity contribution in [2.24, 2.45) is 0 Å². The summed E-state index contributed by atoms with van der Waals surface area (Å²) in [4.78, 5) is 4.74. The molecule has 0 radical (unpaired) electrons. The maximum atomic E-state index is 3.73. The zero-order chi connectivity index (χ0) is 14.5. The van der Waals surface area contributed by atoms with Crippen LogP contribution in [-0.4, -0.2) is 44.7 Å². The summed E-state index contributed by atoms with van der Waals surface area (Å²) in [7, 11) is 4.22. The fourth-order valence-electron chi connectivity index (χ4n) is 3.03. The van der Waals surface area contributed by atoms with Crippen molar-refractivity contribution in [1.29, 1.82) is 0 Å². The van der Waals surface area contributed by atoms with Crippen molar-refractivity contribution in [3.8, 4) is 0 Å². The minimum atomic E-state index is 0.615. The van der Waals surface area contributed by atoms with Gasteiger partial charge in [-0.15, -0.1) is 0 Å². The minimum Gasteiger partial charge on any atom is -0.382 e. The van der Waals surface area contributed by atoms with Crippen LogP contribution >= 0.6 is 0 Å². The van der Waals surface area contributed by atoms with Gasteiger partial charge in [0.25, 0.3) is 0 Å². The molecule has 1 atom stereocenters. The second-order valence-corrected chi connectivity index (χ2v) is 6.10. The van der Waals surface area contributed by atoms with Crippen LogP contribution in [0.1, 0.15) is 31.7 Å². The summed E-state index contributed by atoms with van der Waals surface area (Å²) in [5.41, 5.74) is 3.90. The van der Waals surface area contributed by atoms with E-state index in [1.54, 1.807) is 0 Å². The lowest BCUT2D eigenvalue weighted by Crippen LogP contribution is -2.26. The summed E-state index contributed by atoms with van der Waals surface area (Å²) < 4.78 is 0. The Morgan fingerprint density at radius 1 is 1.25 bits per heavy atom. The first kappa shape index (κ1) is 15.2. The number of hydrogen-bond acceptors (Lipinski definition) is 3. The fourth-order valence-corrected chi connectivity index (χ4v) is 3.03. The number of nitrogens with zero attached hydrogens (tertiary/aromatic N) is 2. The highest BCUT2D eigenvalue weighted by molar-refractivity contribution is 5.62. The lowest BCUT2D eigenvalue weighted by atomic mass is 10.1. The Morgan fingerprint density at radius 3 is 2.75 bits per heavy atom. The summed E-state index contributed by atoms with van der Waals surface area (Å²) in [6, 6.07) is 7.32. The van der Waals surface area contributed by atoms with E-state index in [0.717, 1.165) is 0 Å². The Balaban J connectivity index is 2.01. The molecule has 0 amide bonds. The van der Waals surface area contributed by atoms with Crippen LogP contribution in [0.3, 0.4) is 0 Å². The standard InChI is InChI=1S/C17H29N3/c1-5-20-11-6-7-15(10-12-20)18-16-9-8-14(2)17(13-16)19(3)4/h8-9,13,15,18H,5-7,10-12H2,1-4H3. The Labute approximate surface area is 124 Å². The zero-order valence-electron chi connectivity index (χ0n) is 13.4. The van der Waals surface area contributed by atoms with Crippen LogP contribution < -0.4 is 10.2 Å². The summed E-state index contributed by atoms with van der Waals surface area (Å²) in [6.07, 6.45) is 3.83. The third-order valence-electron chi connectivity index (χ3n) is 4.33. The predicted octanol–water partition coefficient (Wildman–Crippen LogP) is 3.35. The molecule has 1 unspecified atom stereocenters. The molecule has 1 N–H and O–H groups in total. The van der Waals surface area contributed by atoms with E-state index in [9.17, 15) is 0 Å². The van der Waals surface area contributed by atoms with Gasteiger partial charge in [-0.05, 0) is 57.0 Å². The maximum Gasteiger partial charge on any atom is 0.0411 e. The van der Waals surface area contributed by atoms with Crippen molar-refractivity contribution in [3.05, 3.63) is 23.8 Å². The highest BCUT2D eigenvalue weighted by Crippen LogP contribution is 2.24. The molecule has 1 fully saturated rings. The second-order valence-electron chi connectivity index (χ2n) is 6.10. The Morgan fingerprint density at radius 2 is 2.05 bits per heavy atom. The lowest BCUT2D eigenvalue weighted by molar-refractivity contribution is 0.300. The number of nitrogens with one attached hydrogen (secondary N) is 1. The molecule has 1 saturated heterocycles. The normalized spacial score (nSPS) is 20.5. The van der Waals surface area contributed by atoms with Crippen molar-refractivity contribution in [1.82, 2.24) is 4.90 Å². The van der Waals surface area contributed by atoms with Crippen LogP contribution in [-0.2, 0) is 0 Å². The molecule has 0 aliphatic carbocycles. The zero-order valence-corrected chi connectivity index (χ0v) is 13.4. The third-order valence-corrected chi connectivity index (χ3v) is 4.33. The molecule has 0 bridgehead atoms. The van der Waals surface area contributed by atoms with Gasteiger partial charge in [-0.25, -0.2) is 0 Å². The monoisotopic (exact) mass is 275 g/mol. The summed E-state index contributed by atoms with van der Waals surface area (Å²) >= 11 is 0. The average Bonchev–Trinajstić information content (AvgIpc) is 2.66. The van der Waals surface area contributed by atoms with E-state index in [0.29, 0.717) is 6.04 Å². The van der Waals surface area contributed by atoms with Gasteiger partial charge in [-0.3, -0.25) is 0 Å². The van der Waals surface area contributed by atoms with Gasteiger partial charge < -0.3 is 15.1 Å². The molecule has 0 aromatic heterocycles. The first-order valence-electron chi connectivity index (χ1n) is 7.87. The van der Waals surface area contributed by atoms with Crippen molar-refractivity contribution >= 4 is 11.4 Å². The molecular weight excluding hydrogens is 246 g/mol. The fraction of sp³-hybridized carbons (Fsp3) is 0.647. The Kier molecular flexibility index (Phi) is 5.30. The van der Waals surface area contributed by atoms with Crippen LogP contribution in [0.4, 0.5) is 11.4 Å². The van der Waals surface area contributed by atoms with E-state index < -0.39 is 0 Å². The lowest BCUT2D eigenvalue weighted by Gasteiger charge is -2.21.